The number of hydrogen-bond acceptors (Lipinski definition) is 10. The van der Waals surface area contributed by atoms with E-state index in [0.717, 1.165) is 11.6 Å². The Hall–Kier alpha value is -3.58. The standard InChI is InChI=1S/C26H31FN4O6S/c1-29-7-5-17-13-22(36-11-10-35-9-6-28)23(14-18(17)15-24(32)31-26-30-8-12-38-26)37-19-3-4-20(21(27)16-19)25(33)34-2/h3-4,8,12-14,16,29H,5-7,9-11,15,28H2,1-2H3,(H,30,31,32). The molecule has 4 N–H and O–H groups in total. The minimum absolute atomic E-state index is 0.0600. The largest absolute Gasteiger partial charge is 0.487 e. The molecule has 3 rings (SSSR count). The Morgan fingerprint density at radius 3 is 2.61 bits per heavy atom. The number of hydrogen-bond donors (Lipinski definition) is 3. The number of anilines is 1. The molecule has 0 spiro atoms. The summed E-state index contributed by atoms with van der Waals surface area (Å²) in [5, 5.41) is 8.16. The number of methoxy groups -OCH3 is 1. The van der Waals surface area contributed by atoms with Crippen LogP contribution in [-0.2, 0) is 27.1 Å². The summed E-state index contributed by atoms with van der Waals surface area (Å²) in [4.78, 5) is 28.6. The van der Waals surface area contributed by atoms with Gasteiger partial charge in [-0.1, -0.05) is 0 Å². The number of thiazole rings is 1. The molecule has 10 nitrogen and oxygen atoms in total. The lowest BCUT2D eigenvalue weighted by atomic mass is 10.00. The number of nitrogens with two attached hydrogens (primary N) is 1. The normalized spacial score (nSPS) is 10.7. The van der Waals surface area contributed by atoms with Crippen molar-refractivity contribution >= 4 is 28.3 Å². The number of ether oxygens (including phenoxy) is 4. The van der Waals surface area contributed by atoms with Gasteiger partial charge in [0.25, 0.3) is 0 Å². The van der Waals surface area contributed by atoms with E-state index in [9.17, 15) is 14.0 Å². The van der Waals surface area contributed by atoms with E-state index in [2.05, 4.69) is 20.4 Å². The number of carbonyl (C=O) groups is 2. The summed E-state index contributed by atoms with van der Waals surface area (Å²) in [5.41, 5.74) is 6.84. The quantitative estimate of drug-likeness (QED) is 0.194. The Labute approximate surface area is 224 Å². The van der Waals surface area contributed by atoms with Crippen LogP contribution in [0.5, 0.6) is 17.2 Å². The SMILES string of the molecule is CNCCc1cc(OCCOCCN)c(Oc2ccc(C(=O)OC)c(F)c2)cc1CC(=O)Nc1nccs1. The molecule has 0 radical (unpaired) electrons. The Balaban J connectivity index is 1.91. The third-order valence-corrected chi connectivity index (χ3v) is 5.95. The highest BCUT2D eigenvalue weighted by Gasteiger charge is 2.18. The minimum Gasteiger partial charge on any atom is -0.487 e. The van der Waals surface area contributed by atoms with Gasteiger partial charge < -0.3 is 35.3 Å². The van der Waals surface area contributed by atoms with E-state index in [4.69, 9.17) is 19.9 Å². The number of amides is 1. The van der Waals surface area contributed by atoms with Crippen molar-refractivity contribution in [2.45, 2.75) is 12.8 Å². The van der Waals surface area contributed by atoms with Crippen molar-refractivity contribution in [3.8, 4) is 17.2 Å². The smallest absolute Gasteiger partial charge is 0.340 e. The molecule has 0 fully saturated rings. The highest BCUT2D eigenvalue weighted by Crippen LogP contribution is 2.36. The molecular formula is C26H31FN4O6S. The fourth-order valence-electron chi connectivity index (χ4n) is 3.47. The molecule has 0 aliphatic rings. The second-order valence-corrected chi connectivity index (χ2v) is 8.86. The van der Waals surface area contributed by atoms with Gasteiger partial charge in [-0.2, -0.15) is 0 Å². The van der Waals surface area contributed by atoms with Crippen LogP contribution in [0.3, 0.4) is 0 Å². The molecule has 0 unspecified atom stereocenters. The van der Waals surface area contributed by atoms with Gasteiger partial charge in [0.05, 0.1) is 32.3 Å². The summed E-state index contributed by atoms with van der Waals surface area (Å²) >= 11 is 1.32. The zero-order valence-electron chi connectivity index (χ0n) is 21.3. The fourth-order valence-corrected chi connectivity index (χ4v) is 4.02. The van der Waals surface area contributed by atoms with E-state index < -0.39 is 11.8 Å². The van der Waals surface area contributed by atoms with E-state index in [1.54, 1.807) is 23.7 Å². The first-order valence-electron chi connectivity index (χ1n) is 11.9. The second kappa shape index (κ2) is 15.0. The van der Waals surface area contributed by atoms with Gasteiger partial charge in [-0.3, -0.25) is 4.79 Å². The number of likely N-dealkylation sites (N-methyl/N-ethyl adjacent to an activating group) is 1. The lowest BCUT2D eigenvalue weighted by Crippen LogP contribution is -2.18. The maximum absolute atomic E-state index is 14.5. The summed E-state index contributed by atoms with van der Waals surface area (Å²) < 4.78 is 36.5. The zero-order chi connectivity index (χ0) is 27.3. The molecular weight excluding hydrogens is 515 g/mol. The van der Waals surface area contributed by atoms with E-state index in [0.29, 0.717) is 49.2 Å². The molecule has 0 saturated heterocycles. The van der Waals surface area contributed by atoms with E-state index in [-0.39, 0.29) is 36.0 Å². The van der Waals surface area contributed by atoms with Crippen LogP contribution in [0.25, 0.3) is 0 Å². The maximum atomic E-state index is 14.5. The van der Waals surface area contributed by atoms with Gasteiger partial charge in [-0.05, 0) is 55.4 Å². The van der Waals surface area contributed by atoms with Crippen LogP contribution in [0, 0.1) is 5.82 Å². The lowest BCUT2D eigenvalue weighted by Gasteiger charge is -2.18. The van der Waals surface area contributed by atoms with Gasteiger partial charge in [0.2, 0.25) is 5.91 Å². The fraction of sp³-hybridized carbons (Fsp3) is 0.346. The van der Waals surface area contributed by atoms with Crippen molar-refractivity contribution in [3.05, 3.63) is 64.4 Å². The molecule has 0 bridgehead atoms. The summed E-state index contributed by atoms with van der Waals surface area (Å²) in [6, 6.07) is 7.33. The predicted molar refractivity (Wildman–Crippen MR) is 142 cm³/mol. The number of nitrogens with one attached hydrogen (secondary N) is 2. The number of aromatic nitrogens is 1. The molecule has 0 aliphatic carbocycles. The molecule has 204 valence electrons. The average molecular weight is 547 g/mol. The summed E-state index contributed by atoms with van der Waals surface area (Å²) in [6.45, 7) is 2.00. The monoisotopic (exact) mass is 546 g/mol. The van der Waals surface area contributed by atoms with Crippen LogP contribution in [0.15, 0.2) is 41.9 Å². The Bertz CT molecular complexity index is 1210. The molecule has 3 aromatic rings. The first-order chi connectivity index (χ1) is 18.4. The topological polar surface area (TPSA) is 134 Å². The van der Waals surface area contributed by atoms with Crippen LogP contribution in [0.4, 0.5) is 9.52 Å². The molecule has 0 aliphatic heterocycles. The molecule has 2 aromatic carbocycles. The molecule has 38 heavy (non-hydrogen) atoms. The van der Waals surface area contributed by atoms with Gasteiger partial charge in [0.1, 0.15) is 18.2 Å². The number of benzene rings is 2. The first-order valence-corrected chi connectivity index (χ1v) is 12.8. The average Bonchev–Trinajstić information content (AvgIpc) is 3.41. The van der Waals surface area contributed by atoms with Gasteiger partial charge >= 0.3 is 5.97 Å². The Morgan fingerprint density at radius 2 is 1.92 bits per heavy atom. The third kappa shape index (κ3) is 8.48. The molecule has 0 saturated carbocycles. The first kappa shape index (κ1) is 29.0. The Morgan fingerprint density at radius 1 is 1.11 bits per heavy atom. The van der Waals surface area contributed by atoms with Gasteiger partial charge in [0, 0.05) is 24.2 Å². The predicted octanol–water partition coefficient (Wildman–Crippen LogP) is 3.16. The van der Waals surface area contributed by atoms with Crippen molar-refractivity contribution in [1.29, 1.82) is 0 Å². The van der Waals surface area contributed by atoms with Gasteiger partial charge in [0.15, 0.2) is 16.6 Å². The summed E-state index contributed by atoms with van der Waals surface area (Å²) in [5.74, 6) is -1.01. The number of esters is 1. The Kier molecular flexibility index (Phi) is 11.4. The van der Waals surface area contributed by atoms with Crippen LogP contribution in [0.2, 0.25) is 0 Å². The van der Waals surface area contributed by atoms with Crippen LogP contribution in [0.1, 0.15) is 21.5 Å². The van der Waals surface area contributed by atoms with Crippen LogP contribution >= 0.6 is 11.3 Å². The highest BCUT2D eigenvalue weighted by molar-refractivity contribution is 7.13. The molecule has 1 amide bonds. The number of carbonyl (C=O) groups excluding carboxylic acids is 2. The number of rotatable bonds is 15. The van der Waals surface area contributed by atoms with Crippen molar-refractivity contribution in [1.82, 2.24) is 10.3 Å². The van der Waals surface area contributed by atoms with Gasteiger partial charge in [-0.15, -0.1) is 11.3 Å². The highest BCUT2D eigenvalue weighted by atomic mass is 32.1. The van der Waals surface area contributed by atoms with E-state index >= 15 is 0 Å². The molecule has 0 atom stereocenters. The summed E-state index contributed by atoms with van der Waals surface area (Å²) in [7, 11) is 3.01. The van der Waals surface area contributed by atoms with Gasteiger partial charge in [-0.25, -0.2) is 14.2 Å². The second-order valence-electron chi connectivity index (χ2n) is 7.97. The molecule has 1 aromatic heterocycles. The lowest BCUT2D eigenvalue weighted by molar-refractivity contribution is -0.115. The van der Waals surface area contributed by atoms with Crippen molar-refractivity contribution in [3.63, 3.8) is 0 Å². The van der Waals surface area contributed by atoms with Crippen LogP contribution < -0.4 is 25.8 Å². The zero-order valence-corrected chi connectivity index (χ0v) is 22.1. The molecule has 1 heterocycles. The summed E-state index contributed by atoms with van der Waals surface area (Å²) in [6.07, 6.45) is 2.29. The molecule has 12 heteroatoms. The van der Waals surface area contributed by atoms with Crippen molar-refractivity contribution < 1.29 is 32.9 Å². The van der Waals surface area contributed by atoms with Crippen LogP contribution in [-0.4, -0.2) is 63.9 Å². The maximum Gasteiger partial charge on any atom is 0.340 e. The van der Waals surface area contributed by atoms with Crippen molar-refractivity contribution in [2.75, 3.05) is 52.4 Å². The van der Waals surface area contributed by atoms with Crippen molar-refractivity contribution in [2.24, 2.45) is 5.73 Å². The van der Waals surface area contributed by atoms with E-state index in [1.165, 1.54) is 30.6 Å². The number of halogens is 1. The van der Waals surface area contributed by atoms with E-state index in [1.807, 2.05) is 7.05 Å². The minimum atomic E-state index is -0.794. The third-order valence-electron chi connectivity index (χ3n) is 5.26. The number of nitrogens with zero attached hydrogens (tertiary/aromatic N) is 1.